The largest absolute Gasteiger partial charge is 0.283 e. The van der Waals surface area contributed by atoms with Crippen LogP contribution in [0.2, 0.25) is 0 Å². The summed E-state index contributed by atoms with van der Waals surface area (Å²) in [6.07, 6.45) is 0. The average molecular weight is 291 g/mol. The van der Waals surface area contributed by atoms with Crippen LogP contribution < -0.4 is 4.72 Å². The van der Waals surface area contributed by atoms with Gasteiger partial charge < -0.3 is 0 Å². The molecular weight excluding hydrogens is 270 g/mol. The van der Waals surface area contributed by atoms with E-state index in [4.69, 9.17) is 0 Å². The van der Waals surface area contributed by atoms with E-state index in [9.17, 15) is 8.42 Å². The van der Waals surface area contributed by atoms with Gasteiger partial charge >= 0.3 is 0 Å². The standard InChI is InChI=1S/C16H21NO2S/c1-10-6-8-15(9-7-10)20(18,19)17-16-13(4)11(2)12(3)14(16)5/h6-9,13,17H,1-5H3/t13-/m1/s1. The first kappa shape index (κ1) is 14.9. The quantitative estimate of drug-likeness (QED) is 0.926. The van der Waals surface area contributed by atoms with Gasteiger partial charge in [-0.25, -0.2) is 8.42 Å². The van der Waals surface area contributed by atoms with Crippen molar-refractivity contribution < 1.29 is 8.42 Å². The van der Waals surface area contributed by atoms with Gasteiger partial charge in [-0.1, -0.05) is 30.2 Å². The molecule has 1 atom stereocenters. The monoisotopic (exact) mass is 291 g/mol. The Labute approximate surface area is 121 Å². The third-order valence-corrected chi connectivity index (χ3v) is 5.60. The van der Waals surface area contributed by atoms with Gasteiger partial charge in [-0.3, -0.25) is 4.72 Å². The van der Waals surface area contributed by atoms with E-state index >= 15 is 0 Å². The highest BCUT2D eigenvalue weighted by Crippen LogP contribution is 2.35. The minimum absolute atomic E-state index is 0.121. The first-order valence-corrected chi connectivity index (χ1v) is 8.20. The van der Waals surface area contributed by atoms with Gasteiger partial charge in [-0.15, -0.1) is 0 Å². The molecule has 0 saturated heterocycles. The zero-order valence-corrected chi connectivity index (χ0v) is 13.4. The van der Waals surface area contributed by atoms with Gasteiger partial charge in [0.2, 0.25) is 0 Å². The van der Waals surface area contributed by atoms with Gasteiger partial charge in [0, 0.05) is 11.6 Å². The molecule has 0 spiro atoms. The van der Waals surface area contributed by atoms with Crippen LogP contribution in [0.15, 0.2) is 51.6 Å². The van der Waals surface area contributed by atoms with E-state index in [2.05, 4.69) is 11.6 Å². The Morgan fingerprint density at radius 3 is 1.95 bits per heavy atom. The number of allylic oxidation sites excluding steroid dienone is 3. The lowest BCUT2D eigenvalue weighted by Gasteiger charge is -2.15. The normalized spacial score (nSPS) is 19.8. The molecule has 0 fully saturated rings. The van der Waals surface area contributed by atoms with Gasteiger partial charge in [0.25, 0.3) is 10.0 Å². The number of hydrogen-bond donors (Lipinski definition) is 1. The molecule has 1 aromatic rings. The molecule has 0 radical (unpaired) electrons. The Morgan fingerprint density at radius 1 is 0.950 bits per heavy atom. The smallest absolute Gasteiger partial charge is 0.261 e. The molecule has 2 rings (SSSR count). The molecule has 0 aromatic heterocycles. The molecule has 0 bridgehead atoms. The molecule has 1 aliphatic rings. The lowest BCUT2D eigenvalue weighted by molar-refractivity contribution is 0.583. The number of benzene rings is 1. The van der Waals surface area contributed by atoms with Gasteiger partial charge in [-0.2, -0.15) is 0 Å². The molecule has 0 saturated carbocycles. The van der Waals surface area contributed by atoms with Crippen molar-refractivity contribution in [3.63, 3.8) is 0 Å². The second-order valence-electron chi connectivity index (χ2n) is 5.49. The summed E-state index contributed by atoms with van der Waals surface area (Å²) in [5.74, 6) is 0.121. The maximum absolute atomic E-state index is 12.4. The zero-order chi connectivity index (χ0) is 15.1. The number of aryl methyl sites for hydroxylation is 1. The van der Waals surface area contributed by atoms with Gasteiger partial charge in [0.1, 0.15) is 0 Å². The minimum Gasteiger partial charge on any atom is -0.283 e. The highest BCUT2D eigenvalue weighted by Gasteiger charge is 2.27. The fraction of sp³-hybridized carbons (Fsp3) is 0.375. The summed E-state index contributed by atoms with van der Waals surface area (Å²) >= 11 is 0. The van der Waals surface area contributed by atoms with Crippen LogP contribution in [-0.2, 0) is 10.0 Å². The summed E-state index contributed by atoms with van der Waals surface area (Å²) in [5.41, 5.74) is 5.27. The van der Waals surface area contributed by atoms with Crippen LogP contribution in [0.25, 0.3) is 0 Å². The zero-order valence-electron chi connectivity index (χ0n) is 12.6. The van der Waals surface area contributed by atoms with Crippen molar-refractivity contribution in [3.05, 3.63) is 52.2 Å². The van der Waals surface area contributed by atoms with Crippen LogP contribution in [0.1, 0.15) is 33.3 Å². The molecule has 0 aliphatic heterocycles. The lowest BCUT2D eigenvalue weighted by atomic mass is 10.0. The Kier molecular flexibility index (Phi) is 3.78. The second kappa shape index (κ2) is 5.09. The Morgan fingerprint density at radius 2 is 1.50 bits per heavy atom. The van der Waals surface area contributed by atoms with E-state index < -0.39 is 10.0 Å². The summed E-state index contributed by atoms with van der Waals surface area (Å²) in [7, 11) is -3.51. The summed E-state index contributed by atoms with van der Waals surface area (Å²) in [6.45, 7) is 10.0. The van der Waals surface area contributed by atoms with E-state index in [0.29, 0.717) is 4.90 Å². The highest BCUT2D eigenvalue weighted by atomic mass is 32.2. The molecule has 1 N–H and O–H groups in total. The maximum atomic E-state index is 12.4. The molecule has 0 unspecified atom stereocenters. The van der Waals surface area contributed by atoms with Crippen LogP contribution in [0, 0.1) is 12.8 Å². The third kappa shape index (κ3) is 2.52. The molecule has 4 heteroatoms. The van der Waals surface area contributed by atoms with Crippen molar-refractivity contribution in [2.24, 2.45) is 5.92 Å². The highest BCUT2D eigenvalue weighted by molar-refractivity contribution is 7.89. The Bertz CT molecular complexity index is 694. The van der Waals surface area contributed by atoms with E-state index in [1.165, 1.54) is 11.1 Å². The van der Waals surface area contributed by atoms with Gasteiger partial charge in [0.05, 0.1) is 4.90 Å². The fourth-order valence-electron chi connectivity index (χ4n) is 2.45. The van der Waals surface area contributed by atoms with Crippen LogP contribution in [0.4, 0.5) is 0 Å². The molecule has 1 aliphatic carbocycles. The summed E-state index contributed by atoms with van der Waals surface area (Å²) in [6, 6.07) is 6.89. The van der Waals surface area contributed by atoms with E-state index in [1.807, 2.05) is 39.8 Å². The summed E-state index contributed by atoms with van der Waals surface area (Å²) in [4.78, 5) is 0.304. The number of nitrogens with one attached hydrogen (secondary N) is 1. The van der Waals surface area contributed by atoms with Crippen LogP contribution in [0.5, 0.6) is 0 Å². The molecular formula is C16H21NO2S. The van der Waals surface area contributed by atoms with Crippen molar-refractivity contribution in [3.8, 4) is 0 Å². The van der Waals surface area contributed by atoms with Crippen LogP contribution in [0.3, 0.4) is 0 Å². The first-order valence-electron chi connectivity index (χ1n) is 6.72. The van der Waals surface area contributed by atoms with Crippen molar-refractivity contribution in [1.82, 2.24) is 4.72 Å². The third-order valence-electron chi connectivity index (χ3n) is 4.22. The predicted octanol–water partition coefficient (Wildman–Crippen LogP) is 3.53. The van der Waals surface area contributed by atoms with Gasteiger partial charge in [0.15, 0.2) is 0 Å². The predicted molar refractivity (Wildman–Crippen MR) is 81.7 cm³/mol. The molecule has 1 aromatic carbocycles. The van der Waals surface area contributed by atoms with E-state index in [-0.39, 0.29) is 5.92 Å². The lowest BCUT2D eigenvalue weighted by Crippen LogP contribution is -2.26. The average Bonchev–Trinajstić information content (AvgIpc) is 2.57. The second-order valence-corrected chi connectivity index (χ2v) is 7.17. The van der Waals surface area contributed by atoms with Crippen molar-refractivity contribution >= 4 is 10.0 Å². The number of rotatable bonds is 3. The number of sulfonamides is 1. The van der Waals surface area contributed by atoms with Gasteiger partial charge in [-0.05, 0) is 51.0 Å². The Hall–Kier alpha value is -1.55. The molecule has 108 valence electrons. The van der Waals surface area contributed by atoms with Crippen LogP contribution >= 0.6 is 0 Å². The van der Waals surface area contributed by atoms with Crippen molar-refractivity contribution in [1.29, 1.82) is 0 Å². The van der Waals surface area contributed by atoms with Crippen molar-refractivity contribution in [2.45, 2.75) is 39.5 Å². The fourth-order valence-corrected chi connectivity index (χ4v) is 3.68. The molecule has 20 heavy (non-hydrogen) atoms. The van der Waals surface area contributed by atoms with Crippen molar-refractivity contribution in [2.75, 3.05) is 0 Å². The first-order chi connectivity index (χ1) is 9.24. The van der Waals surface area contributed by atoms with E-state index in [1.54, 1.807) is 12.1 Å². The summed E-state index contributed by atoms with van der Waals surface area (Å²) < 4.78 is 27.6. The maximum Gasteiger partial charge on any atom is 0.261 e. The Balaban J connectivity index is 2.33. The SMILES string of the molecule is CC1=C(C)[C@@H](C)C(NS(=O)(=O)c2ccc(C)cc2)=C1C. The number of hydrogen-bond acceptors (Lipinski definition) is 2. The molecule has 0 amide bonds. The molecule has 0 heterocycles. The topological polar surface area (TPSA) is 46.2 Å². The summed E-state index contributed by atoms with van der Waals surface area (Å²) in [5, 5.41) is 0. The molecule has 3 nitrogen and oxygen atoms in total. The van der Waals surface area contributed by atoms with Crippen LogP contribution in [-0.4, -0.2) is 8.42 Å². The minimum atomic E-state index is -3.51. The van der Waals surface area contributed by atoms with E-state index in [0.717, 1.165) is 16.8 Å².